The summed E-state index contributed by atoms with van der Waals surface area (Å²) >= 11 is 0. The quantitative estimate of drug-likeness (QED) is 0.306. The fourth-order valence-corrected chi connectivity index (χ4v) is 4.11. The second-order valence-electron chi connectivity index (χ2n) is 8.71. The smallest absolute Gasteiger partial charge is 0.407 e. The summed E-state index contributed by atoms with van der Waals surface area (Å²) in [6.07, 6.45) is 1.57. The highest BCUT2D eigenvalue weighted by atomic mass is 16.5. The molecule has 192 valence electrons. The van der Waals surface area contributed by atoms with Crippen molar-refractivity contribution in [3.63, 3.8) is 0 Å². The van der Waals surface area contributed by atoms with Gasteiger partial charge in [-0.3, -0.25) is 9.59 Å². The van der Waals surface area contributed by atoms with Gasteiger partial charge in [0.15, 0.2) is 0 Å². The Hall–Kier alpha value is -3.88. The maximum atomic E-state index is 13.2. The van der Waals surface area contributed by atoms with E-state index in [9.17, 15) is 19.2 Å². The minimum absolute atomic E-state index is 0.117. The Morgan fingerprint density at radius 1 is 0.972 bits per heavy atom. The van der Waals surface area contributed by atoms with Gasteiger partial charge in [-0.15, -0.1) is 0 Å². The number of hydrogen-bond donors (Lipinski definition) is 3. The van der Waals surface area contributed by atoms with Crippen molar-refractivity contribution >= 4 is 23.9 Å². The first-order valence-corrected chi connectivity index (χ1v) is 12.1. The third kappa shape index (κ3) is 8.41. The van der Waals surface area contributed by atoms with Gasteiger partial charge < -0.3 is 25.4 Å². The first-order valence-electron chi connectivity index (χ1n) is 12.1. The molecule has 2 aromatic rings. The monoisotopic (exact) mass is 495 g/mol. The Bertz CT molecular complexity index is 1010. The third-order valence-electron chi connectivity index (χ3n) is 6.06. The summed E-state index contributed by atoms with van der Waals surface area (Å²) < 4.78 is 10.1. The van der Waals surface area contributed by atoms with Crippen LogP contribution >= 0.6 is 0 Å². The van der Waals surface area contributed by atoms with Gasteiger partial charge in [0.25, 0.3) is 0 Å². The van der Waals surface area contributed by atoms with Gasteiger partial charge in [-0.05, 0) is 36.8 Å². The zero-order chi connectivity index (χ0) is 25.8. The largest absolute Gasteiger partial charge is 0.467 e. The number of carbonyl (C=O) groups is 4. The molecule has 2 aromatic carbocycles. The van der Waals surface area contributed by atoms with Crippen LogP contribution in [0.15, 0.2) is 60.7 Å². The number of nitrogens with one attached hydrogen (secondary N) is 3. The van der Waals surface area contributed by atoms with E-state index in [0.29, 0.717) is 19.4 Å². The number of esters is 1. The number of benzene rings is 2. The Kier molecular flexibility index (Phi) is 10.3. The molecule has 1 aliphatic heterocycles. The fraction of sp³-hybridized carbons (Fsp3) is 0.407. The van der Waals surface area contributed by atoms with Gasteiger partial charge in [0, 0.05) is 18.9 Å². The topological polar surface area (TPSA) is 123 Å². The van der Waals surface area contributed by atoms with Crippen LogP contribution in [-0.4, -0.2) is 56.2 Å². The molecule has 36 heavy (non-hydrogen) atoms. The van der Waals surface area contributed by atoms with Crippen molar-refractivity contribution < 1.29 is 28.7 Å². The second kappa shape index (κ2) is 13.9. The van der Waals surface area contributed by atoms with Crippen molar-refractivity contribution in [2.24, 2.45) is 5.92 Å². The average Bonchev–Trinajstić information content (AvgIpc) is 3.30. The molecule has 0 aromatic heterocycles. The highest BCUT2D eigenvalue weighted by molar-refractivity contribution is 5.90. The number of hydrogen-bond acceptors (Lipinski definition) is 6. The molecule has 0 bridgehead atoms. The minimum atomic E-state index is -1.02. The Morgan fingerprint density at radius 2 is 1.64 bits per heavy atom. The maximum absolute atomic E-state index is 13.2. The molecule has 9 nitrogen and oxygen atoms in total. The van der Waals surface area contributed by atoms with Crippen LogP contribution in [0.1, 0.15) is 30.4 Å². The predicted octanol–water partition coefficient (Wildman–Crippen LogP) is 2.14. The molecule has 0 unspecified atom stereocenters. The van der Waals surface area contributed by atoms with E-state index in [1.807, 2.05) is 60.7 Å². The van der Waals surface area contributed by atoms with Gasteiger partial charge in [-0.1, -0.05) is 60.7 Å². The van der Waals surface area contributed by atoms with Crippen LogP contribution in [0.25, 0.3) is 0 Å². The second-order valence-corrected chi connectivity index (χ2v) is 8.71. The number of alkyl carbamates (subject to hydrolysis) is 1. The molecule has 3 rings (SSSR count). The van der Waals surface area contributed by atoms with E-state index in [2.05, 4.69) is 16.0 Å². The summed E-state index contributed by atoms with van der Waals surface area (Å²) in [5.74, 6) is -1.76. The molecule has 3 atom stereocenters. The molecule has 0 radical (unpaired) electrons. The van der Waals surface area contributed by atoms with Crippen molar-refractivity contribution in [2.45, 2.75) is 44.2 Å². The number of ether oxygens (including phenoxy) is 2. The number of aryl methyl sites for hydroxylation is 1. The molecule has 1 fully saturated rings. The van der Waals surface area contributed by atoms with Crippen molar-refractivity contribution in [2.75, 3.05) is 20.3 Å². The first-order chi connectivity index (χ1) is 17.5. The van der Waals surface area contributed by atoms with E-state index in [1.165, 1.54) is 7.11 Å². The van der Waals surface area contributed by atoms with Gasteiger partial charge in [0.05, 0.1) is 13.7 Å². The Morgan fingerprint density at radius 3 is 2.25 bits per heavy atom. The number of amides is 3. The Balaban J connectivity index is 1.60. The SMILES string of the molecule is COC(=O)[C@H](C[C@@H]1CCNC1=O)NC(=O)[C@H](Cc1ccccc1)NC(=O)OCCCc1ccccc1. The summed E-state index contributed by atoms with van der Waals surface area (Å²) in [7, 11) is 1.22. The third-order valence-corrected chi connectivity index (χ3v) is 6.06. The number of methoxy groups -OCH3 is 1. The molecule has 1 saturated heterocycles. The molecule has 3 amide bonds. The first kappa shape index (κ1) is 26.7. The average molecular weight is 496 g/mol. The molecular formula is C27H33N3O6. The summed E-state index contributed by atoms with van der Waals surface area (Å²) in [6.45, 7) is 0.724. The van der Waals surface area contributed by atoms with Gasteiger partial charge in [-0.2, -0.15) is 0 Å². The van der Waals surface area contributed by atoms with Gasteiger partial charge in [-0.25, -0.2) is 9.59 Å². The van der Waals surface area contributed by atoms with Crippen LogP contribution in [0.4, 0.5) is 4.79 Å². The van der Waals surface area contributed by atoms with Crippen molar-refractivity contribution in [3.05, 3.63) is 71.8 Å². The predicted molar refractivity (Wildman–Crippen MR) is 133 cm³/mol. The van der Waals surface area contributed by atoms with E-state index in [0.717, 1.165) is 17.5 Å². The van der Waals surface area contributed by atoms with E-state index in [-0.39, 0.29) is 25.4 Å². The molecule has 1 heterocycles. The summed E-state index contributed by atoms with van der Waals surface area (Å²) in [5, 5.41) is 8.01. The molecule has 1 aliphatic rings. The molecule has 0 saturated carbocycles. The van der Waals surface area contributed by atoms with E-state index < -0.39 is 36.0 Å². The van der Waals surface area contributed by atoms with Crippen molar-refractivity contribution in [1.82, 2.24) is 16.0 Å². The summed E-state index contributed by atoms with van der Waals surface area (Å²) in [5.41, 5.74) is 1.97. The van der Waals surface area contributed by atoms with Gasteiger partial charge in [0.1, 0.15) is 12.1 Å². The molecule has 0 spiro atoms. The summed E-state index contributed by atoms with van der Waals surface area (Å²) in [6, 6.07) is 17.1. The van der Waals surface area contributed by atoms with Crippen LogP contribution < -0.4 is 16.0 Å². The highest BCUT2D eigenvalue weighted by Gasteiger charge is 2.33. The lowest BCUT2D eigenvalue weighted by Gasteiger charge is -2.23. The Labute approximate surface area is 210 Å². The number of rotatable bonds is 12. The van der Waals surface area contributed by atoms with Crippen LogP contribution in [0, 0.1) is 5.92 Å². The zero-order valence-electron chi connectivity index (χ0n) is 20.4. The van der Waals surface area contributed by atoms with Gasteiger partial charge in [0.2, 0.25) is 11.8 Å². The fourth-order valence-electron chi connectivity index (χ4n) is 4.11. The van der Waals surface area contributed by atoms with E-state index in [4.69, 9.17) is 9.47 Å². The van der Waals surface area contributed by atoms with Crippen molar-refractivity contribution in [3.8, 4) is 0 Å². The van der Waals surface area contributed by atoms with Crippen LogP contribution in [0.3, 0.4) is 0 Å². The highest BCUT2D eigenvalue weighted by Crippen LogP contribution is 2.17. The number of carbonyl (C=O) groups excluding carboxylic acids is 4. The van der Waals surface area contributed by atoms with Crippen LogP contribution in [0.2, 0.25) is 0 Å². The zero-order valence-corrected chi connectivity index (χ0v) is 20.4. The molecular weight excluding hydrogens is 462 g/mol. The molecule has 3 N–H and O–H groups in total. The van der Waals surface area contributed by atoms with Crippen molar-refractivity contribution in [1.29, 1.82) is 0 Å². The lowest BCUT2D eigenvalue weighted by molar-refractivity contribution is -0.146. The van der Waals surface area contributed by atoms with E-state index in [1.54, 1.807) is 0 Å². The van der Waals surface area contributed by atoms with E-state index >= 15 is 0 Å². The summed E-state index contributed by atoms with van der Waals surface area (Å²) in [4.78, 5) is 50.0. The lowest BCUT2D eigenvalue weighted by atomic mass is 9.97. The standard InChI is InChI=1S/C27H33N3O6/c1-35-26(33)23(18-21-14-15-28-24(21)31)29-25(32)22(17-20-11-6-3-7-12-20)30-27(34)36-16-8-13-19-9-4-2-5-10-19/h2-7,9-12,21-23H,8,13-18H2,1H3,(H,28,31)(H,29,32)(H,30,34)/t21-,22-,23-/m0/s1. The minimum Gasteiger partial charge on any atom is -0.467 e. The lowest BCUT2D eigenvalue weighted by Crippen LogP contribution is -2.53. The van der Waals surface area contributed by atoms with Crippen LogP contribution in [-0.2, 0) is 36.7 Å². The van der Waals surface area contributed by atoms with Crippen LogP contribution in [0.5, 0.6) is 0 Å². The normalized spacial score (nSPS) is 16.4. The maximum Gasteiger partial charge on any atom is 0.407 e. The van der Waals surface area contributed by atoms with Gasteiger partial charge >= 0.3 is 12.1 Å². The molecule has 9 heteroatoms. The molecule has 0 aliphatic carbocycles.